The molecular formula is C15H23NO. The third-order valence-electron chi connectivity index (χ3n) is 3.94. The smallest absolute Gasteiger partial charge is 0.0580 e. The molecule has 0 spiro atoms. The molecule has 1 aromatic carbocycles. The van der Waals surface area contributed by atoms with Gasteiger partial charge in [-0.2, -0.15) is 0 Å². The Bertz CT molecular complexity index is 338. The third kappa shape index (κ3) is 3.30. The van der Waals surface area contributed by atoms with Gasteiger partial charge in [0, 0.05) is 12.1 Å². The van der Waals surface area contributed by atoms with Crippen molar-refractivity contribution in [2.24, 2.45) is 5.92 Å². The topological polar surface area (TPSA) is 32.3 Å². The standard InChI is InChI=1S/C15H23NO/c1-11-8-9-14(10-15(11)17)16-12(2)13-6-4-3-5-7-13/h3-7,11-12,14-17H,8-10H2,1-2H3/t11-,12+,14-,15-/m1/s1. The van der Waals surface area contributed by atoms with Gasteiger partial charge >= 0.3 is 0 Å². The molecule has 2 N–H and O–H groups in total. The number of aliphatic hydroxyl groups excluding tert-OH is 1. The highest BCUT2D eigenvalue weighted by atomic mass is 16.3. The molecule has 0 unspecified atom stereocenters. The second kappa shape index (κ2) is 5.65. The van der Waals surface area contributed by atoms with Crippen LogP contribution >= 0.6 is 0 Å². The summed E-state index contributed by atoms with van der Waals surface area (Å²) in [6, 6.07) is 11.3. The van der Waals surface area contributed by atoms with Gasteiger partial charge in [-0.1, -0.05) is 37.3 Å². The van der Waals surface area contributed by atoms with Crippen LogP contribution in [0.15, 0.2) is 30.3 Å². The first-order chi connectivity index (χ1) is 8.16. The normalized spacial score (nSPS) is 31.1. The molecule has 1 aliphatic rings. The van der Waals surface area contributed by atoms with Gasteiger partial charge in [-0.05, 0) is 37.7 Å². The van der Waals surface area contributed by atoms with E-state index in [-0.39, 0.29) is 6.10 Å². The van der Waals surface area contributed by atoms with Crippen LogP contribution in [0.4, 0.5) is 0 Å². The molecule has 17 heavy (non-hydrogen) atoms. The van der Waals surface area contributed by atoms with Gasteiger partial charge in [-0.3, -0.25) is 0 Å². The minimum absolute atomic E-state index is 0.135. The van der Waals surface area contributed by atoms with E-state index in [9.17, 15) is 5.11 Å². The first-order valence-corrected chi connectivity index (χ1v) is 6.66. The molecule has 0 radical (unpaired) electrons. The van der Waals surface area contributed by atoms with Crippen molar-refractivity contribution in [3.05, 3.63) is 35.9 Å². The maximum Gasteiger partial charge on any atom is 0.0580 e. The number of aliphatic hydroxyl groups is 1. The zero-order chi connectivity index (χ0) is 12.3. The molecule has 2 heteroatoms. The minimum atomic E-state index is -0.135. The lowest BCUT2D eigenvalue weighted by Gasteiger charge is -2.33. The summed E-state index contributed by atoms with van der Waals surface area (Å²) in [5, 5.41) is 13.5. The molecular weight excluding hydrogens is 210 g/mol. The van der Waals surface area contributed by atoms with Crippen molar-refractivity contribution in [1.82, 2.24) is 5.32 Å². The molecule has 1 saturated carbocycles. The summed E-state index contributed by atoms with van der Waals surface area (Å²) in [6.07, 6.45) is 3.05. The van der Waals surface area contributed by atoms with Crippen LogP contribution in [0.1, 0.15) is 44.7 Å². The van der Waals surface area contributed by atoms with Crippen LogP contribution < -0.4 is 5.32 Å². The Labute approximate surface area is 104 Å². The van der Waals surface area contributed by atoms with Crippen molar-refractivity contribution in [1.29, 1.82) is 0 Å². The SMILES string of the molecule is C[C@H](N[C@@H]1CC[C@@H](C)[C@H](O)C1)c1ccccc1. The monoisotopic (exact) mass is 233 g/mol. The van der Waals surface area contributed by atoms with Gasteiger partial charge < -0.3 is 10.4 Å². The lowest BCUT2D eigenvalue weighted by molar-refractivity contribution is 0.0614. The number of benzene rings is 1. The maximum absolute atomic E-state index is 9.89. The summed E-state index contributed by atoms with van der Waals surface area (Å²) in [5.41, 5.74) is 1.32. The van der Waals surface area contributed by atoms with E-state index in [1.165, 1.54) is 12.0 Å². The molecule has 0 aromatic heterocycles. The van der Waals surface area contributed by atoms with Crippen LogP contribution in [0.25, 0.3) is 0 Å². The molecule has 0 saturated heterocycles. The average molecular weight is 233 g/mol. The first-order valence-electron chi connectivity index (χ1n) is 6.66. The van der Waals surface area contributed by atoms with E-state index in [0.29, 0.717) is 18.0 Å². The second-order valence-corrected chi connectivity index (χ2v) is 5.35. The Morgan fingerprint density at radius 3 is 2.59 bits per heavy atom. The van der Waals surface area contributed by atoms with Gasteiger partial charge in [0.25, 0.3) is 0 Å². The molecule has 1 fully saturated rings. The van der Waals surface area contributed by atoms with Crippen molar-refractivity contribution in [2.75, 3.05) is 0 Å². The van der Waals surface area contributed by atoms with E-state index >= 15 is 0 Å². The molecule has 1 aromatic rings. The van der Waals surface area contributed by atoms with E-state index in [2.05, 4.69) is 43.4 Å². The Balaban J connectivity index is 1.89. The number of nitrogens with one attached hydrogen (secondary N) is 1. The van der Waals surface area contributed by atoms with E-state index in [0.717, 1.165) is 12.8 Å². The van der Waals surface area contributed by atoms with Gasteiger partial charge in [0.1, 0.15) is 0 Å². The van der Waals surface area contributed by atoms with Crippen LogP contribution in [0.5, 0.6) is 0 Å². The summed E-state index contributed by atoms with van der Waals surface area (Å²) >= 11 is 0. The van der Waals surface area contributed by atoms with Gasteiger partial charge in [0.05, 0.1) is 6.10 Å². The van der Waals surface area contributed by atoms with Gasteiger partial charge in [0.15, 0.2) is 0 Å². The van der Waals surface area contributed by atoms with Gasteiger partial charge in [-0.15, -0.1) is 0 Å². The minimum Gasteiger partial charge on any atom is -0.393 e. The van der Waals surface area contributed by atoms with Crippen molar-refractivity contribution in [3.8, 4) is 0 Å². The van der Waals surface area contributed by atoms with Crippen molar-refractivity contribution in [2.45, 2.75) is 51.3 Å². The predicted molar refractivity (Wildman–Crippen MR) is 70.8 cm³/mol. The summed E-state index contributed by atoms with van der Waals surface area (Å²) in [7, 11) is 0. The fraction of sp³-hybridized carbons (Fsp3) is 0.600. The maximum atomic E-state index is 9.89. The number of hydrogen-bond donors (Lipinski definition) is 2. The molecule has 0 heterocycles. The van der Waals surface area contributed by atoms with E-state index < -0.39 is 0 Å². The Kier molecular flexibility index (Phi) is 4.19. The van der Waals surface area contributed by atoms with Crippen LogP contribution in [0.3, 0.4) is 0 Å². The molecule has 2 rings (SSSR count). The lowest BCUT2D eigenvalue weighted by atomic mass is 9.84. The van der Waals surface area contributed by atoms with Crippen LogP contribution in [0.2, 0.25) is 0 Å². The Hall–Kier alpha value is -0.860. The largest absolute Gasteiger partial charge is 0.393 e. The fourth-order valence-corrected chi connectivity index (χ4v) is 2.64. The molecule has 0 amide bonds. The van der Waals surface area contributed by atoms with E-state index in [4.69, 9.17) is 0 Å². The van der Waals surface area contributed by atoms with Crippen LogP contribution in [0, 0.1) is 5.92 Å². The quantitative estimate of drug-likeness (QED) is 0.841. The second-order valence-electron chi connectivity index (χ2n) is 5.35. The van der Waals surface area contributed by atoms with Gasteiger partial charge in [0.2, 0.25) is 0 Å². The zero-order valence-corrected chi connectivity index (χ0v) is 10.8. The lowest BCUT2D eigenvalue weighted by Crippen LogP contribution is -2.40. The number of hydrogen-bond acceptors (Lipinski definition) is 2. The Morgan fingerprint density at radius 1 is 1.24 bits per heavy atom. The highest BCUT2D eigenvalue weighted by Crippen LogP contribution is 2.26. The van der Waals surface area contributed by atoms with E-state index in [1.54, 1.807) is 0 Å². The van der Waals surface area contributed by atoms with Crippen LogP contribution in [-0.4, -0.2) is 17.3 Å². The molecule has 1 aliphatic carbocycles. The summed E-state index contributed by atoms with van der Waals surface area (Å²) < 4.78 is 0. The highest BCUT2D eigenvalue weighted by Gasteiger charge is 2.26. The molecule has 0 aliphatic heterocycles. The van der Waals surface area contributed by atoms with Crippen molar-refractivity contribution in [3.63, 3.8) is 0 Å². The third-order valence-corrected chi connectivity index (χ3v) is 3.94. The zero-order valence-electron chi connectivity index (χ0n) is 10.8. The average Bonchev–Trinajstić information content (AvgIpc) is 2.35. The number of rotatable bonds is 3. The molecule has 0 bridgehead atoms. The summed E-state index contributed by atoms with van der Waals surface area (Å²) in [5.74, 6) is 0.458. The van der Waals surface area contributed by atoms with Gasteiger partial charge in [-0.25, -0.2) is 0 Å². The molecule has 4 atom stereocenters. The highest BCUT2D eigenvalue weighted by molar-refractivity contribution is 5.18. The fourth-order valence-electron chi connectivity index (χ4n) is 2.64. The molecule has 94 valence electrons. The van der Waals surface area contributed by atoms with E-state index in [1.807, 2.05) is 6.07 Å². The predicted octanol–water partition coefficient (Wildman–Crippen LogP) is 2.89. The van der Waals surface area contributed by atoms with Crippen LogP contribution in [-0.2, 0) is 0 Å². The molecule has 2 nitrogen and oxygen atoms in total. The first kappa shape index (κ1) is 12.6. The summed E-state index contributed by atoms with van der Waals surface area (Å²) in [4.78, 5) is 0. The summed E-state index contributed by atoms with van der Waals surface area (Å²) in [6.45, 7) is 4.33. The van der Waals surface area contributed by atoms with Crippen molar-refractivity contribution >= 4 is 0 Å². The van der Waals surface area contributed by atoms with Crippen molar-refractivity contribution < 1.29 is 5.11 Å². The Morgan fingerprint density at radius 2 is 1.94 bits per heavy atom.